The molecule has 1 aliphatic carbocycles. The number of halogens is 1. The maximum Gasteiger partial charge on any atom is 0.264 e. The molecule has 1 amide bonds. The van der Waals surface area contributed by atoms with Crippen molar-refractivity contribution in [2.75, 3.05) is 12.9 Å². The van der Waals surface area contributed by atoms with Gasteiger partial charge in [0.15, 0.2) is 0 Å². The molecule has 4 rings (SSSR count). The summed E-state index contributed by atoms with van der Waals surface area (Å²) in [7, 11) is -3.64. The number of aromatic nitrogens is 2. The molecule has 1 heterocycles. The Balaban J connectivity index is 1.39. The third-order valence-corrected chi connectivity index (χ3v) is 5.41. The second kappa shape index (κ2) is 9.53. The van der Waals surface area contributed by atoms with Crippen LogP contribution in [0.25, 0.3) is 11.3 Å². The number of benzene rings is 2. The molecule has 33 heavy (non-hydrogen) atoms. The summed E-state index contributed by atoms with van der Waals surface area (Å²) >= 11 is 0. The molecule has 2 aromatic carbocycles. The van der Waals surface area contributed by atoms with E-state index in [2.05, 4.69) is 9.97 Å². The topological polar surface area (TPSA) is 107 Å². The number of nitrogens with zero attached hydrogens (tertiary/aromatic N) is 2. The molecule has 0 bridgehead atoms. The third-order valence-electron chi connectivity index (χ3n) is 4.86. The molecular formula is C23H22FN3O5S. The standard InChI is InChI=1S/C23H22FN3O5S/c1-33(29,30)27-23(28)17-6-4-16(5-7-17)13-31-20-9-18(8-19(24)10-20)21-11-26-22(12-25-21)32-14-15-2-3-15/h4-12,15H,2-3,13-14H2,1H3,(H,27,28). The Hall–Kier alpha value is -3.53. The molecule has 0 aliphatic heterocycles. The normalized spacial score (nSPS) is 13.4. The van der Waals surface area contributed by atoms with Gasteiger partial charge in [0, 0.05) is 17.2 Å². The molecule has 3 aromatic rings. The molecular weight excluding hydrogens is 449 g/mol. The van der Waals surface area contributed by atoms with Gasteiger partial charge in [-0.3, -0.25) is 4.79 Å². The highest BCUT2D eigenvalue weighted by Crippen LogP contribution is 2.29. The van der Waals surface area contributed by atoms with Crippen molar-refractivity contribution in [2.24, 2.45) is 5.92 Å². The second-order valence-electron chi connectivity index (χ2n) is 7.86. The molecule has 0 atom stereocenters. The highest BCUT2D eigenvalue weighted by Gasteiger charge is 2.22. The Morgan fingerprint density at radius 3 is 2.48 bits per heavy atom. The fourth-order valence-corrected chi connectivity index (χ4v) is 3.42. The van der Waals surface area contributed by atoms with E-state index in [-0.39, 0.29) is 12.2 Å². The fourth-order valence-electron chi connectivity index (χ4n) is 2.97. The lowest BCUT2D eigenvalue weighted by Gasteiger charge is -2.10. The number of ether oxygens (including phenoxy) is 2. The summed E-state index contributed by atoms with van der Waals surface area (Å²) < 4.78 is 49.7. The van der Waals surface area contributed by atoms with E-state index < -0.39 is 21.7 Å². The van der Waals surface area contributed by atoms with Crippen molar-refractivity contribution in [3.8, 4) is 22.9 Å². The van der Waals surface area contributed by atoms with Crippen LogP contribution in [0.5, 0.6) is 11.6 Å². The first-order valence-corrected chi connectivity index (χ1v) is 12.1. The van der Waals surface area contributed by atoms with Gasteiger partial charge in [0.25, 0.3) is 5.91 Å². The van der Waals surface area contributed by atoms with Crippen molar-refractivity contribution in [2.45, 2.75) is 19.4 Å². The van der Waals surface area contributed by atoms with Crippen LogP contribution in [0.15, 0.2) is 54.9 Å². The highest BCUT2D eigenvalue weighted by molar-refractivity contribution is 7.89. The van der Waals surface area contributed by atoms with Crippen LogP contribution >= 0.6 is 0 Å². The maximum atomic E-state index is 14.2. The number of hydrogen-bond acceptors (Lipinski definition) is 7. The Bertz CT molecular complexity index is 1240. The van der Waals surface area contributed by atoms with Gasteiger partial charge in [-0.2, -0.15) is 0 Å². The Morgan fingerprint density at radius 2 is 1.85 bits per heavy atom. The van der Waals surface area contributed by atoms with Gasteiger partial charge in [0.05, 0.1) is 31.0 Å². The number of carbonyl (C=O) groups is 1. The van der Waals surface area contributed by atoms with Crippen LogP contribution in [0.3, 0.4) is 0 Å². The van der Waals surface area contributed by atoms with Crippen LogP contribution in [0.4, 0.5) is 4.39 Å². The summed E-state index contributed by atoms with van der Waals surface area (Å²) in [5.41, 5.74) is 1.91. The molecule has 1 aliphatic rings. The third kappa shape index (κ3) is 6.72. The first-order chi connectivity index (χ1) is 15.7. The monoisotopic (exact) mass is 471 g/mol. The van der Waals surface area contributed by atoms with E-state index in [0.717, 1.165) is 6.26 Å². The average Bonchev–Trinajstić information content (AvgIpc) is 3.60. The van der Waals surface area contributed by atoms with Crippen LogP contribution in [0.1, 0.15) is 28.8 Å². The number of nitrogens with one attached hydrogen (secondary N) is 1. The maximum absolute atomic E-state index is 14.2. The minimum Gasteiger partial charge on any atom is -0.489 e. The van der Waals surface area contributed by atoms with Crippen molar-refractivity contribution >= 4 is 15.9 Å². The lowest BCUT2D eigenvalue weighted by atomic mass is 10.1. The summed E-state index contributed by atoms with van der Waals surface area (Å²) in [6, 6.07) is 10.5. The highest BCUT2D eigenvalue weighted by atomic mass is 32.2. The van der Waals surface area contributed by atoms with Gasteiger partial charge in [0.1, 0.15) is 18.2 Å². The van der Waals surface area contributed by atoms with E-state index in [1.807, 2.05) is 4.72 Å². The van der Waals surface area contributed by atoms with E-state index in [1.165, 1.54) is 49.5 Å². The summed E-state index contributed by atoms with van der Waals surface area (Å²) in [6.45, 7) is 0.756. The minimum atomic E-state index is -3.64. The molecule has 0 spiro atoms. The molecule has 1 N–H and O–H groups in total. The molecule has 1 fully saturated rings. The predicted molar refractivity (Wildman–Crippen MR) is 119 cm³/mol. The van der Waals surface area contributed by atoms with Crippen molar-refractivity contribution < 1.29 is 27.1 Å². The smallest absolute Gasteiger partial charge is 0.264 e. The fraction of sp³-hybridized carbons (Fsp3) is 0.261. The van der Waals surface area contributed by atoms with Crippen LogP contribution in [0, 0.1) is 11.7 Å². The van der Waals surface area contributed by atoms with E-state index in [4.69, 9.17) is 9.47 Å². The van der Waals surface area contributed by atoms with Crippen molar-refractivity contribution in [3.63, 3.8) is 0 Å². The zero-order chi connectivity index (χ0) is 23.4. The lowest BCUT2D eigenvalue weighted by Crippen LogP contribution is -2.29. The van der Waals surface area contributed by atoms with Crippen molar-refractivity contribution in [1.29, 1.82) is 0 Å². The van der Waals surface area contributed by atoms with Crippen LogP contribution in [0.2, 0.25) is 0 Å². The van der Waals surface area contributed by atoms with Gasteiger partial charge in [-0.05, 0) is 48.6 Å². The number of amides is 1. The van der Waals surface area contributed by atoms with Crippen LogP contribution in [-0.4, -0.2) is 37.2 Å². The van der Waals surface area contributed by atoms with Crippen molar-refractivity contribution in [3.05, 3.63) is 71.8 Å². The summed E-state index contributed by atoms with van der Waals surface area (Å²) in [6.07, 6.45) is 6.31. The van der Waals surface area contributed by atoms with Gasteiger partial charge < -0.3 is 9.47 Å². The van der Waals surface area contributed by atoms with Gasteiger partial charge in [-0.1, -0.05) is 12.1 Å². The predicted octanol–water partition coefficient (Wildman–Crippen LogP) is 3.34. The first-order valence-electron chi connectivity index (χ1n) is 10.2. The quantitative estimate of drug-likeness (QED) is 0.510. The minimum absolute atomic E-state index is 0.122. The molecule has 0 unspecified atom stereocenters. The molecule has 172 valence electrons. The molecule has 10 heteroatoms. The van der Waals surface area contributed by atoms with Crippen LogP contribution in [-0.2, 0) is 16.6 Å². The van der Waals surface area contributed by atoms with E-state index >= 15 is 0 Å². The van der Waals surface area contributed by atoms with E-state index in [1.54, 1.807) is 18.2 Å². The molecule has 8 nitrogen and oxygen atoms in total. The zero-order valence-electron chi connectivity index (χ0n) is 17.8. The summed E-state index contributed by atoms with van der Waals surface area (Å²) in [5.74, 6) is 0.151. The van der Waals surface area contributed by atoms with Gasteiger partial charge in [0.2, 0.25) is 15.9 Å². The van der Waals surface area contributed by atoms with Gasteiger partial charge >= 0.3 is 0 Å². The van der Waals surface area contributed by atoms with Gasteiger partial charge in [-0.15, -0.1) is 0 Å². The van der Waals surface area contributed by atoms with E-state index in [9.17, 15) is 17.6 Å². The second-order valence-corrected chi connectivity index (χ2v) is 9.61. The number of carbonyl (C=O) groups excluding carboxylic acids is 1. The summed E-state index contributed by atoms with van der Waals surface area (Å²) in [4.78, 5) is 20.4. The number of rotatable bonds is 9. The molecule has 0 saturated heterocycles. The average molecular weight is 472 g/mol. The first kappa shape index (κ1) is 22.7. The van der Waals surface area contributed by atoms with E-state index in [0.29, 0.717) is 41.0 Å². The lowest BCUT2D eigenvalue weighted by molar-refractivity contribution is 0.0981. The Kier molecular flexibility index (Phi) is 6.55. The van der Waals surface area contributed by atoms with Crippen molar-refractivity contribution in [1.82, 2.24) is 14.7 Å². The molecule has 1 saturated carbocycles. The largest absolute Gasteiger partial charge is 0.489 e. The SMILES string of the molecule is CS(=O)(=O)NC(=O)c1ccc(COc2cc(F)cc(-c3cnc(OCC4CC4)cn3)c2)cc1. The summed E-state index contributed by atoms with van der Waals surface area (Å²) in [5, 5.41) is 0. The molecule has 0 radical (unpaired) electrons. The van der Waals surface area contributed by atoms with Crippen LogP contribution < -0.4 is 14.2 Å². The zero-order valence-corrected chi connectivity index (χ0v) is 18.6. The van der Waals surface area contributed by atoms with Gasteiger partial charge in [-0.25, -0.2) is 27.5 Å². The molecule has 1 aromatic heterocycles. The number of hydrogen-bond donors (Lipinski definition) is 1. The number of sulfonamides is 1. The Labute approximate surface area is 190 Å². The Morgan fingerprint density at radius 1 is 1.09 bits per heavy atom.